The third-order valence-electron chi connectivity index (χ3n) is 3.57. The summed E-state index contributed by atoms with van der Waals surface area (Å²) in [5.74, 6) is 0.720. The summed E-state index contributed by atoms with van der Waals surface area (Å²) < 4.78 is 0. The number of phenols is 1. The van der Waals surface area contributed by atoms with Gasteiger partial charge in [-0.25, -0.2) is 0 Å². The Labute approximate surface area is 108 Å². The highest BCUT2D eigenvalue weighted by atomic mass is 16.3. The largest absolute Gasteiger partial charge is 0.508 e. The molecule has 0 aliphatic carbocycles. The highest BCUT2D eigenvalue weighted by Gasteiger charge is 2.31. The maximum Gasteiger partial charge on any atom is 0.240 e. The molecular formula is C14H20N2O2. The second-order valence-corrected chi connectivity index (χ2v) is 5.02. The number of hydrogen-bond donors (Lipinski definition) is 2. The quantitative estimate of drug-likeness (QED) is 0.849. The lowest BCUT2D eigenvalue weighted by Gasteiger charge is -2.23. The van der Waals surface area contributed by atoms with Crippen molar-refractivity contribution in [2.45, 2.75) is 25.9 Å². The van der Waals surface area contributed by atoms with E-state index in [-0.39, 0.29) is 17.7 Å². The number of phenolic OH excluding ortho intramolecular Hbond substituents is 1. The molecule has 0 radical (unpaired) electrons. The topological polar surface area (TPSA) is 52.6 Å². The minimum Gasteiger partial charge on any atom is -0.508 e. The van der Waals surface area contributed by atoms with Crippen molar-refractivity contribution in [3.63, 3.8) is 0 Å². The molecule has 0 aromatic heterocycles. The van der Waals surface area contributed by atoms with E-state index in [0.29, 0.717) is 12.5 Å². The second-order valence-electron chi connectivity index (χ2n) is 5.02. The maximum atomic E-state index is 12.3. The third kappa shape index (κ3) is 2.64. The molecule has 4 nitrogen and oxygen atoms in total. The van der Waals surface area contributed by atoms with Gasteiger partial charge in [0.05, 0.1) is 6.04 Å². The van der Waals surface area contributed by atoms with Gasteiger partial charge in [0.1, 0.15) is 5.75 Å². The molecule has 1 heterocycles. The Morgan fingerprint density at radius 1 is 1.50 bits per heavy atom. The number of carbonyl (C=O) groups is 1. The van der Waals surface area contributed by atoms with Crippen molar-refractivity contribution in [1.82, 2.24) is 10.2 Å². The van der Waals surface area contributed by atoms with Crippen LogP contribution in [0.15, 0.2) is 24.3 Å². The van der Waals surface area contributed by atoms with Crippen LogP contribution in [0.2, 0.25) is 0 Å². The van der Waals surface area contributed by atoms with Gasteiger partial charge in [-0.15, -0.1) is 0 Å². The number of nitrogens with zero attached hydrogens (tertiary/aromatic N) is 1. The van der Waals surface area contributed by atoms with E-state index >= 15 is 0 Å². The van der Waals surface area contributed by atoms with Crippen LogP contribution in [0.3, 0.4) is 0 Å². The van der Waals surface area contributed by atoms with Gasteiger partial charge in [-0.05, 0) is 24.9 Å². The molecule has 1 aliphatic rings. The predicted octanol–water partition coefficient (Wildman–Crippen LogP) is 1.35. The zero-order valence-electron chi connectivity index (χ0n) is 10.9. The van der Waals surface area contributed by atoms with Crippen molar-refractivity contribution < 1.29 is 9.90 Å². The monoisotopic (exact) mass is 248 g/mol. The van der Waals surface area contributed by atoms with Crippen molar-refractivity contribution in [2.24, 2.45) is 5.92 Å². The van der Waals surface area contributed by atoms with Crippen molar-refractivity contribution in [3.8, 4) is 5.75 Å². The summed E-state index contributed by atoms with van der Waals surface area (Å²) in [5, 5.41) is 12.9. The average molecular weight is 248 g/mol. The second kappa shape index (κ2) is 5.40. The van der Waals surface area contributed by atoms with E-state index in [1.165, 1.54) is 0 Å². The number of rotatable bonds is 3. The molecule has 0 spiro atoms. The molecule has 18 heavy (non-hydrogen) atoms. The van der Waals surface area contributed by atoms with Crippen LogP contribution in [-0.4, -0.2) is 35.5 Å². The minimum atomic E-state index is -0.0825. The fourth-order valence-corrected chi connectivity index (χ4v) is 2.38. The number of benzene rings is 1. The highest BCUT2D eigenvalue weighted by molar-refractivity contribution is 5.82. The summed E-state index contributed by atoms with van der Waals surface area (Å²) in [5.41, 5.74) is 0.777. The first-order valence-corrected chi connectivity index (χ1v) is 6.35. The Hall–Kier alpha value is -1.55. The highest BCUT2D eigenvalue weighted by Crippen LogP contribution is 2.20. The van der Waals surface area contributed by atoms with Gasteiger partial charge in [-0.3, -0.25) is 4.79 Å². The summed E-state index contributed by atoms with van der Waals surface area (Å²) in [6.07, 6.45) is 1.04. The Bertz CT molecular complexity index is 434. The number of amides is 1. The zero-order valence-corrected chi connectivity index (χ0v) is 10.9. The summed E-state index contributed by atoms with van der Waals surface area (Å²) >= 11 is 0. The first-order valence-electron chi connectivity index (χ1n) is 6.35. The Morgan fingerprint density at radius 3 is 2.83 bits per heavy atom. The molecule has 2 rings (SSSR count). The molecule has 1 saturated heterocycles. The van der Waals surface area contributed by atoms with Crippen LogP contribution in [0.4, 0.5) is 0 Å². The first-order chi connectivity index (χ1) is 8.59. The molecule has 0 saturated carbocycles. The van der Waals surface area contributed by atoms with Crippen LogP contribution in [0, 0.1) is 5.92 Å². The van der Waals surface area contributed by atoms with Crippen molar-refractivity contribution in [2.75, 3.05) is 13.6 Å². The van der Waals surface area contributed by atoms with Gasteiger partial charge in [0.25, 0.3) is 0 Å². The number of likely N-dealkylation sites (N-methyl/N-ethyl adjacent to an activating group) is 1. The molecule has 1 aliphatic heterocycles. The standard InChI is InChI=1S/C14H20N2O2/c1-10-7-8-15-13(10)14(18)16(2)9-11-5-3-4-6-12(11)17/h3-6,10,13,15,17H,7-9H2,1-2H3. The van der Waals surface area contributed by atoms with E-state index in [4.69, 9.17) is 0 Å². The van der Waals surface area contributed by atoms with E-state index in [9.17, 15) is 9.90 Å². The Morgan fingerprint density at radius 2 is 2.22 bits per heavy atom. The molecule has 4 heteroatoms. The van der Waals surface area contributed by atoms with Crippen molar-refractivity contribution in [3.05, 3.63) is 29.8 Å². The summed E-state index contributed by atoms with van der Waals surface area (Å²) in [6, 6.07) is 7.04. The fraction of sp³-hybridized carbons (Fsp3) is 0.500. The van der Waals surface area contributed by atoms with E-state index in [2.05, 4.69) is 12.2 Å². The van der Waals surface area contributed by atoms with E-state index in [1.54, 1.807) is 24.1 Å². The lowest BCUT2D eigenvalue weighted by molar-refractivity contribution is -0.133. The lowest BCUT2D eigenvalue weighted by Crippen LogP contribution is -2.43. The summed E-state index contributed by atoms with van der Waals surface area (Å²) in [4.78, 5) is 13.9. The van der Waals surface area contributed by atoms with Gasteiger partial charge >= 0.3 is 0 Å². The first kappa shape index (κ1) is 12.9. The Balaban J connectivity index is 2.01. The molecule has 2 atom stereocenters. The van der Waals surface area contributed by atoms with Crippen LogP contribution >= 0.6 is 0 Å². The number of para-hydroxylation sites is 1. The van der Waals surface area contributed by atoms with Crippen molar-refractivity contribution >= 4 is 5.91 Å². The molecule has 1 aromatic rings. The molecule has 1 fully saturated rings. The van der Waals surface area contributed by atoms with Gasteiger partial charge in [0.2, 0.25) is 5.91 Å². The van der Waals surface area contributed by atoms with E-state index in [0.717, 1.165) is 18.5 Å². The number of carbonyl (C=O) groups excluding carboxylic acids is 1. The van der Waals surface area contributed by atoms with Crippen molar-refractivity contribution in [1.29, 1.82) is 0 Å². The van der Waals surface area contributed by atoms with Gasteiger partial charge in [0, 0.05) is 19.2 Å². The predicted molar refractivity (Wildman–Crippen MR) is 70.2 cm³/mol. The molecular weight excluding hydrogens is 228 g/mol. The smallest absolute Gasteiger partial charge is 0.240 e. The van der Waals surface area contributed by atoms with E-state index in [1.807, 2.05) is 12.1 Å². The van der Waals surface area contributed by atoms with Gasteiger partial charge in [-0.1, -0.05) is 25.1 Å². The zero-order chi connectivity index (χ0) is 13.1. The minimum absolute atomic E-state index is 0.0825. The van der Waals surface area contributed by atoms with E-state index < -0.39 is 0 Å². The molecule has 0 bridgehead atoms. The Kier molecular flexibility index (Phi) is 3.87. The maximum absolute atomic E-state index is 12.3. The fourth-order valence-electron chi connectivity index (χ4n) is 2.38. The summed E-state index contributed by atoms with van der Waals surface area (Å²) in [6.45, 7) is 3.44. The average Bonchev–Trinajstić information content (AvgIpc) is 2.77. The van der Waals surface area contributed by atoms with Crippen LogP contribution in [-0.2, 0) is 11.3 Å². The molecule has 2 N–H and O–H groups in total. The number of aromatic hydroxyl groups is 1. The molecule has 2 unspecified atom stereocenters. The SMILES string of the molecule is CC1CCNC1C(=O)N(C)Cc1ccccc1O. The normalized spacial score (nSPS) is 23.0. The van der Waals surface area contributed by atoms with Crippen LogP contribution in [0.25, 0.3) is 0 Å². The van der Waals surface area contributed by atoms with Crippen LogP contribution < -0.4 is 5.32 Å². The number of nitrogens with one attached hydrogen (secondary N) is 1. The molecule has 1 amide bonds. The third-order valence-corrected chi connectivity index (χ3v) is 3.57. The number of hydrogen-bond acceptors (Lipinski definition) is 3. The van der Waals surface area contributed by atoms with Crippen LogP contribution in [0.1, 0.15) is 18.9 Å². The summed E-state index contributed by atoms with van der Waals surface area (Å²) in [7, 11) is 1.78. The molecule has 1 aromatic carbocycles. The molecule has 98 valence electrons. The van der Waals surface area contributed by atoms with Crippen LogP contribution in [0.5, 0.6) is 5.75 Å². The van der Waals surface area contributed by atoms with Gasteiger partial charge in [-0.2, -0.15) is 0 Å². The van der Waals surface area contributed by atoms with Gasteiger partial charge < -0.3 is 15.3 Å². The lowest BCUT2D eigenvalue weighted by atomic mass is 10.0. The van der Waals surface area contributed by atoms with Gasteiger partial charge in [0.15, 0.2) is 0 Å².